The molecule has 29 heavy (non-hydrogen) atoms. The first kappa shape index (κ1) is 20.9. The molecule has 1 N–H and O–H groups in total. The number of hydrazone groups is 1. The molecular weight excluding hydrogens is 479 g/mol. The lowest BCUT2D eigenvalue weighted by Gasteiger charge is -2.13. The third-order valence-electron chi connectivity index (χ3n) is 4.17. The number of hydrogen-bond donors (Lipinski definition) is 1. The molecule has 3 rings (SSSR count). The number of amides is 1. The molecule has 0 heterocycles. The molecule has 0 fully saturated rings. The van der Waals surface area contributed by atoms with Crippen LogP contribution in [0.1, 0.15) is 27.0 Å². The van der Waals surface area contributed by atoms with Crippen molar-refractivity contribution in [2.24, 2.45) is 5.10 Å². The Morgan fingerprint density at radius 3 is 2.52 bits per heavy atom. The summed E-state index contributed by atoms with van der Waals surface area (Å²) in [6.45, 7) is 2.51. The van der Waals surface area contributed by atoms with Crippen LogP contribution in [-0.4, -0.2) is 19.2 Å². The van der Waals surface area contributed by atoms with E-state index in [9.17, 15) is 4.79 Å². The third kappa shape index (κ3) is 5.80. The van der Waals surface area contributed by atoms with Gasteiger partial charge in [0.2, 0.25) is 0 Å². The van der Waals surface area contributed by atoms with Crippen LogP contribution in [-0.2, 0) is 6.61 Å². The van der Waals surface area contributed by atoms with Gasteiger partial charge in [-0.3, -0.25) is 4.79 Å². The summed E-state index contributed by atoms with van der Waals surface area (Å²) < 4.78 is 12.4. The molecule has 6 heteroatoms. The number of rotatable bonds is 7. The largest absolute Gasteiger partial charge is 0.493 e. The van der Waals surface area contributed by atoms with Crippen molar-refractivity contribution in [3.8, 4) is 11.5 Å². The fraction of sp³-hybridized carbons (Fsp3) is 0.130. The Balaban J connectivity index is 1.68. The summed E-state index contributed by atoms with van der Waals surface area (Å²) in [7, 11) is 1.60. The van der Waals surface area contributed by atoms with Gasteiger partial charge in [0.05, 0.1) is 16.9 Å². The predicted octanol–water partition coefficient (Wildman–Crippen LogP) is 4.95. The lowest BCUT2D eigenvalue weighted by atomic mass is 10.2. The van der Waals surface area contributed by atoms with E-state index < -0.39 is 0 Å². The quantitative estimate of drug-likeness (QED) is 0.284. The predicted molar refractivity (Wildman–Crippen MR) is 123 cm³/mol. The molecule has 3 aromatic carbocycles. The van der Waals surface area contributed by atoms with Crippen molar-refractivity contribution in [1.82, 2.24) is 5.43 Å². The highest BCUT2D eigenvalue weighted by molar-refractivity contribution is 14.1. The Kier molecular flexibility index (Phi) is 7.24. The fourth-order valence-electron chi connectivity index (χ4n) is 2.61. The lowest BCUT2D eigenvalue weighted by molar-refractivity contribution is 0.0955. The van der Waals surface area contributed by atoms with Gasteiger partial charge in [-0.15, -0.1) is 0 Å². The summed E-state index contributed by atoms with van der Waals surface area (Å²) in [5, 5.41) is 4.04. The highest BCUT2D eigenvalue weighted by Gasteiger charge is 2.12. The zero-order chi connectivity index (χ0) is 20.6. The van der Waals surface area contributed by atoms with E-state index in [1.807, 2.05) is 30.3 Å². The zero-order valence-corrected chi connectivity index (χ0v) is 18.3. The molecule has 0 atom stereocenters. The topological polar surface area (TPSA) is 59.9 Å². The molecule has 0 aromatic heterocycles. The molecular formula is C23H21IN2O3. The van der Waals surface area contributed by atoms with Crippen LogP contribution in [0.4, 0.5) is 0 Å². The van der Waals surface area contributed by atoms with E-state index in [4.69, 9.17) is 9.47 Å². The minimum Gasteiger partial charge on any atom is -0.493 e. The van der Waals surface area contributed by atoms with Crippen molar-refractivity contribution in [3.05, 3.63) is 92.6 Å². The van der Waals surface area contributed by atoms with Gasteiger partial charge in [0.15, 0.2) is 11.5 Å². The van der Waals surface area contributed by atoms with Crippen molar-refractivity contribution >= 4 is 34.7 Å². The average Bonchev–Trinajstić information content (AvgIpc) is 2.74. The molecule has 1 amide bonds. The molecule has 3 aromatic rings. The standard InChI is InChI=1S/C23H21IN2O3/c1-16-8-10-17(11-9-16)15-29-22-20(24)12-18(13-21(22)28-2)14-25-26-23(27)19-6-4-3-5-7-19/h3-14H,15H2,1-2H3,(H,26,27)/b25-14-. The molecule has 148 valence electrons. The molecule has 0 aliphatic heterocycles. The number of methoxy groups -OCH3 is 1. The molecule has 0 aliphatic rings. The second-order valence-electron chi connectivity index (χ2n) is 6.37. The van der Waals surface area contributed by atoms with Crippen molar-refractivity contribution < 1.29 is 14.3 Å². The van der Waals surface area contributed by atoms with Gasteiger partial charge in [-0.2, -0.15) is 5.10 Å². The molecule has 0 saturated carbocycles. The molecule has 0 bridgehead atoms. The Morgan fingerprint density at radius 2 is 1.83 bits per heavy atom. The van der Waals surface area contributed by atoms with Crippen LogP contribution in [0.15, 0.2) is 71.8 Å². The summed E-state index contributed by atoms with van der Waals surface area (Å²) in [6.07, 6.45) is 1.58. The Labute approximate surface area is 183 Å². The van der Waals surface area contributed by atoms with E-state index in [2.05, 4.69) is 52.2 Å². The molecule has 0 unspecified atom stereocenters. The summed E-state index contributed by atoms with van der Waals surface area (Å²) in [5.74, 6) is 1.03. The number of carbonyl (C=O) groups is 1. The maximum absolute atomic E-state index is 12.0. The van der Waals surface area contributed by atoms with Crippen LogP contribution in [0.5, 0.6) is 11.5 Å². The molecule has 0 aliphatic carbocycles. The van der Waals surface area contributed by atoms with Crippen LogP contribution < -0.4 is 14.9 Å². The van der Waals surface area contributed by atoms with Gasteiger partial charge >= 0.3 is 0 Å². The van der Waals surface area contributed by atoms with Gasteiger partial charge < -0.3 is 9.47 Å². The first-order valence-corrected chi connectivity index (χ1v) is 10.1. The van der Waals surface area contributed by atoms with Crippen molar-refractivity contribution in [2.45, 2.75) is 13.5 Å². The van der Waals surface area contributed by atoms with Crippen LogP contribution >= 0.6 is 22.6 Å². The smallest absolute Gasteiger partial charge is 0.271 e. The molecule has 0 radical (unpaired) electrons. The van der Waals surface area contributed by atoms with Gasteiger partial charge in [0, 0.05) is 5.56 Å². The van der Waals surface area contributed by atoms with Crippen LogP contribution in [0.2, 0.25) is 0 Å². The summed E-state index contributed by atoms with van der Waals surface area (Å²) in [6, 6.07) is 20.9. The normalized spacial score (nSPS) is 10.7. The van der Waals surface area contributed by atoms with E-state index in [1.165, 1.54) is 5.56 Å². The summed E-state index contributed by atoms with van der Waals surface area (Å²) in [4.78, 5) is 12.0. The third-order valence-corrected chi connectivity index (χ3v) is 4.97. The molecule has 5 nitrogen and oxygen atoms in total. The number of nitrogens with zero attached hydrogens (tertiary/aromatic N) is 1. The molecule has 0 spiro atoms. The van der Waals surface area contributed by atoms with E-state index in [1.54, 1.807) is 37.6 Å². The zero-order valence-electron chi connectivity index (χ0n) is 16.2. The number of hydrogen-bond acceptors (Lipinski definition) is 4. The van der Waals surface area contributed by atoms with E-state index in [0.717, 1.165) is 14.7 Å². The number of ether oxygens (including phenoxy) is 2. The fourth-order valence-corrected chi connectivity index (χ4v) is 3.39. The van der Waals surface area contributed by atoms with Crippen molar-refractivity contribution in [1.29, 1.82) is 0 Å². The Morgan fingerprint density at radius 1 is 1.10 bits per heavy atom. The Hall–Kier alpha value is -2.87. The monoisotopic (exact) mass is 500 g/mol. The van der Waals surface area contributed by atoms with Gasteiger partial charge in [0.25, 0.3) is 5.91 Å². The Bertz CT molecular complexity index is 1000. The van der Waals surface area contributed by atoms with Crippen LogP contribution in [0.3, 0.4) is 0 Å². The second-order valence-corrected chi connectivity index (χ2v) is 7.54. The highest BCUT2D eigenvalue weighted by Crippen LogP contribution is 2.34. The van der Waals surface area contributed by atoms with Crippen LogP contribution in [0, 0.1) is 10.5 Å². The molecule has 0 saturated heterocycles. The SMILES string of the molecule is COc1cc(/C=N\NC(=O)c2ccccc2)cc(I)c1OCc1ccc(C)cc1. The van der Waals surface area contributed by atoms with Gasteiger partial charge in [0.1, 0.15) is 6.61 Å². The van der Waals surface area contributed by atoms with Gasteiger partial charge in [-0.25, -0.2) is 5.43 Å². The van der Waals surface area contributed by atoms with Crippen molar-refractivity contribution in [2.75, 3.05) is 7.11 Å². The number of nitrogens with one attached hydrogen (secondary N) is 1. The van der Waals surface area contributed by atoms with Gasteiger partial charge in [-0.05, 0) is 64.9 Å². The highest BCUT2D eigenvalue weighted by atomic mass is 127. The summed E-state index contributed by atoms with van der Waals surface area (Å²) >= 11 is 2.20. The lowest BCUT2D eigenvalue weighted by Crippen LogP contribution is -2.17. The second kappa shape index (κ2) is 10.1. The van der Waals surface area contributed by atoms with Crippen LogP contribution in [0.25, 0.3) is 0 Å². The first-order valence-electron chi connectivity index (χ1n) is 9.01. The number of halogens is 1. The minimum absolute atomic E-state index is 0.262. The number of aryl methyl sites for hydroxylation is 1. The average molecular weight is 500 g/mol. The summed E-state index contributed by atoms with van der Waals surface area (Å²) in [5.41, 5.74) is 6.17. The van der Waals surface area contributed by atoms with E-state index >= 15 is 0 Å². The maximum Gasteiger partial charge on any atom is 0.271 e. The number of benzene rings is 3. The minimum atomic E-state index is -0.262. The van der Waals surface area contributed by atoms with Gasteiger partial charge in [-0.1, -0.05) is 48.0 Å². The van der Waals surface area contributed by atoms with E-state index in [0.29, 0.717) is 23.7 Å². The van der Waals surface area contributed by atoms with Crippen molar-refractivity contribution in [3.63, 3.8) is 0 Å². The van der Waals surface area contributed by atoms with E-state index in [-0.39, 0.29) is 5.91 Å². The first-order chi connectivity index (χ1) is 14.1. The number of carbonyl (C=O) groups excluding carboxylic acids is 1. The maximum atomic E-state index is 12.0.